The lowest BCUT2D eigenvalue weighted by molar-refractivity contribution is 1.16. The summed E-state index contributed by atoms with van der Waals surface area (Å²) in [6.07, 6.45) is 3.55. The second kappa shape index (κ2) is 4.10. The number of pyridine rings is 1. The van der Waals surface area contributed by atoms with Gasteiger partial charge in [-0.3, -0.25) is 4.98 Å². The third-order valence-corrected chi connectivity index (χ3v) is 3.33. The molecule has 0 fully saturated rings. The fourth-order valence-electron chi connectivity index (χ4n) is 1.61. The van der Waals surface area contributed by atoms with E-state index in [0.29, 0.717) is 5.82 Å². The van der Waals surface area contributed by atoms with Gasteiger partial charge in [-0.2, -0.15) is 0 Å². The number of nitrogens with zero attached hydrogens (tertiary/aromatic N) is 3. The van der Waals surface area contributed by atoms with E-state index in [-0.39, 0.29) is 0 Å². The van der Waals surface area contributed by atoms with Crippen molar-refractivity contribution in [2.45, 2.75) is 0 Å². The SMILES string of the molecule is CNc1ccnc(-c2cnc3ccsc3c2)n1. The zero-order valence-electron chi connectivity index (χ0n) is 9.21. The van der Waals surface area contributed by atoms with E-state index in [2.05, 4.69) is 26.3 Å². The van der Waals surface area contributed by atoms with E-state index in [0.717, 1.165) is 21.6 Å². The van der Waals surface area contributed by atoms with Crippen molar-refractivity contribution in [3.8, 4) is 11.4 Å². The van der Waals surface area contributed by atoms with E-state index in [1.807, 2.05) is 30.8 Å². The highest BCUT2D eigenvalue weighted by molar-refractivity contribution is 7.17. The molecule has 0 aromatic carbocycles. The Morgan fingerprint density at radius 2 is 2.18 bits per heavy atom. The molecule has 0 bridgehead atoms. The highest BCUT2D eigenvalue weighted by Crippen LogP contribution is 2.24. The van der Waals surface area contributed by atoms with Crippen molar-refractivity contribution >= 4 is 27.4 Å². The van der Waals surface area contributed by atoms with Gasteiger partial charge >= 0.3 is 0 Å². The molecule has 3 aromatic rings. The monoisotopic (exact) mass is 242 g/mol. The van der Waals surface area contributed by atoms with Crippen molar-refractivity contribution in [1.82, 2.24) is 15.0 Å². The van der Waals surface area contributed by atoms with Crippen LogP contribution in [-0.2, 0) is 0 Å². The lowest BCUT2D eigenvalue weighted by Crippen LogP contribution is -1.95. The number of fused-ring (bicyclic) bond motifs is 1. The molecule has 0 radical (unpaired) electrons. The highest BCUT2D eigenvalue weighted by atomic mass is 32.1. The molecule has 17 heavy (non-hydrogen) atoms. The molecule has 1 N–H and O–H groups in total. The average Bonchev–Trinajstić information content (AvgIpc) is 2.86. The molecule has 0 aliphatic rings. The maximum Gasteiger partial charge on any atom is 0.163 e. The predicted molar refractivity (Wildman–Crippen MR) is 70.2 cm³/mol. The molecule has 0 aliphatic carbocycles. The lowest BCUT2D eigenvalue weighted by Gasteiger charge is -2.02. The van der Waals surface area contributed by atoms with Gasteiger partial charge in [0.05, 0.1) is 10.2 Å². The summed E-state index contributed by atoms with van der Waals surface area (Å²) >= 11 is 1.67. The Balaban J connectivity index is 2.12. The summed E-state index contributed by atoms with van der Waals surface area (Å²) in [5.41, 5.74) is 1.96. The van der Waals surface area contributed by atoms with Gasteiger partial charge in [-0.1, -0.05) is 0 Å². The third-order valence-electron chi connectivity index (χ3n) is 2.47. The first-order valence-electron chi connectivity index (χ1n) is 5.21. The number of aromatic nitrogens is 3. The largest absolute Gasteiger partial charge is 0.373 e. The van der Waals surface area contributed by atoms with Crippen molar-refractivity contribution in [2.24, 2.45) is 0 Å². The Labute approximate surface area is 102 Å². The molecule has 0 aliphatic heterocycles. The first-order valence-corrected chi connectivity index (χ1v) is 6.09. The predicted octanol–water partition coefficient (Wildman–Crippen LogP) is 2.80. The summed E-state index contributed by atoms with van der Waals surface area (Å²) in [5, 5.41) is 5.03. The molecule has 0 amide bonds. The molecule has 0 atom stereocenters. The van der Waals surface area contributed by atoms with Crippen molar-refractivity contribution in [3.63, 3.8) is 0 Å². The van der Waals surface area contributed by atoms with Crippen LogP contribution in [0.15, 0.2) is 36.0 Å². The van der Waals surface area contributed by atoms with Crippen LogP contribution in [0.1, 0.15) is 0 Å². The summed E-state index contributed by atoms with van der Waals surface area (Å²) in [4.78, 5) is 13.0. The minimum atomic E-state index is 0.694. The number of hydrogen-bond donors (Lipinski definition) is 1. The van der Waals surface area contributed by atoms with Crippen molar-refractivity contribution in [1.29, 1.82) is 0 Å². The van der Waals surface area contributed by atoms with E-state index < -0.39 is 0 Å². The molecule has 0 spiro atoms. The number of nitrogens with one attached hydrogen (secondary N) is 1. The molecular weight excluding hydrogens is 232 g/mol. The molecule has 0 saturated carbocycles. The fourth-order valence-corrected chi connectivity index (χ4v) is 2.39. The molecule has 3 aromatic heterocycles. The van der Waals surface area contributed by atoms with Gasteiger partial charge in [-0.25, -0.2) is 9.97 Å². The van der Waals surface area contributed by atoms with Crippen molar-refractivity contribution in [2.75, 3.05) is 12.4 Å². The van der Waals surface area contributed by atoms with E-state index in [1.165, 1.54) is 0 Å². The third kappa shape index (κ3) is 1.85. The molecule has 3 heterocycles. The van der Waals surface area contributed by atoms with Crippen LogP contribution in [0, 0.1) is 0 Å². The van der Waals surface area contributed by atoms with Crippen LogP contribution in [0.4, 0.5) is 5.82 Å². The van der Waals surface area contributed by atoms with Crippen LogP contribution < -0.4 is 5.32 Å². The standard InChI is InChI=1S/C12H10N4S/c1-13-11-2-4-14-12(16-11)8-6-10-9(15-7-8)3-5-17-10/h2-7H,1H3,(H,13,14,16). The summed E-state index contributed by atoms with van der Waals surface area (Å²) in [5.74, 6) is 1.50. The Morgan fingerprint density at radius 3 is 3.06 bits per heavy atom. The molecule has 4 nitrogen and oxygen atoms in total. The first-order chi connectivity index (χ1) is 8.36. The van der Waals surface area contributed by atoms with Gasteiger partial charge in [-0.05, 0) is 23.6 Å². The number of anilines is 1. The van der Waals surface area contributed by atoms with Gasteiger partial charge < -0.3 is 5.32 Å². The topological polar surface area (TPSA) is 50.7 Å². The molecule has 0 unspecified atom stereocenters. The maximum absolute atomic E-state index is 4.40. The van der Waals surface area contributed by atoms with Crippen LogP contribution >= 0.6 is 11.3 Å². The van der Waals surface area contributed by atoms with Crippen LogP contribution in [-0.4, -0.2) is 22.0 Å². The van der Waals surface area contributed by atoms with Crippen molar-refractivity contribution in [3.05, 3.63) is 36.0 Å². The van der Waals surface area contributed by atoms with Crippen LogP contribution in [0.5, 0.6) is 0 Å². The second-order valence-corrected chi connectivity index (χ2v) is 4.49. The molecule has 3 rings (SSSR count). The smallest absolute Gasteiger partial charge is 0.163 e. The first kappa shape index (κ1) is 10.2. The Bertz CT molecular complexity index is 662. The van der Waals surface area contributed by atoms with Crippen LogP contribution in [0.25, 0.3) is 21.6 Å². The van der Waals surface area contributed by atoms with Crippen molar-refractivity contribution < 1.29 is 0 Å². The zero-order chi connectivity index (χ0) is 11.7. The Morgan fingerprint density at radius 1 is 1.24 bits per heavy atom. The molecule has 0 saturated heterocycles. The number of hydrogen-bond acceptors (Lipinski definition) is 5. The van der Waals surface area contributed by atoms with Crippen LogP contribution in [0.3, 0.4) is 0 Å². The summed E-state index contributed by atoms with van der Waals surface area (Å²) in [6, 6.07) is 5.91. The quantitative estimate of drug-likeness (QED) is 0.750. The Hall–Kier alpha value is -2.01. The van der Waals surface area contributed by atoms with Gasteiger partial charge in [0.2, 0.25) is 0 Å². The summed E-state index contributed by atoms with van der Waals surface area (Å²) in [6.45, 7) is 0. The maximum atomic E-state index is 4.40. The van der Waals surface area contributed by atoms with Gasteiger partial charge in [-0.15, -0.1) is 11.3 Å². The zero-order valence-corrected chi connectivity index (χ0v) is 10.0. The van der Waals surface area contributed by atoms with E-state index in [1.54, 1.807) is 17.5 Å². The van der Waals surface area contributed by atoms with Gasteiger partial charge in [0.25, 0.3) is 0 Å². The minimum absolute atomic E-state index is 0.694. The average molecular weight is 242 g/mol. The summed E-state index contributed by atoms with van der Waals surface area (Å²) < 4.78 is 1.15. The second-order valence-electron chi connectivity index (χ2n) is 3.54. The van der Waals surface area contributed by atoms with E-state index >= 15 is 0 Å². The van der Waals surface area contributed by atoms with Gasteiger partial charge in [0.15, 0.2) is 5.82 Å². The number of rotatable bonds is 2. The lowest BCUT2D eigenvalue weighted by atomic mass is 10.2. The Kier molecular flexibility index (Phi) is 2.45. The normalized spacial score (nSPS) is 10.6. The number of thiophene rings is 1. The molecule has 84 valence electrons. The summed E-state index contributed by atoms with van der Waals surface area (Å²) in [7, 11) is 1.84. The highest BCUT2D eigenvalue weighted by Gasteiger charge is 2.04. The van der Waals surface area contributed by atoms with E-state index in [4.69, 9.17) is 0 Å². The van der Waals surface area contributed by atoms with Gasteiger partial charge in [0.1, 0.15) is 5.82 Å². The molecular formula is C12H10N4S. The van der Waals surface area contributed by atoms with E-state index in [9.17, 15) is 0 Å². The van der Waals surface area contributed by atoms with Gasteiger partial charge in [0, 0.05) is 25.0 Å². The van der Waals surface area contributed by atoms with Crippen LogP contribution in [0.2, 0.25) is 0 Å². The minimum Gasteiger partial charge on any atom is -0.373 e. The fraction of sp³-hybridized carbons (Fsp3) is 0.0833. The molecule has 5 heteroatoms.